The molecule has 1 amide bonds. The summed E-state index contributed by atoms with van der Waals surface area (Å²) >= 11 is 0. The molecule has 0 heterocycles. The number of carbonyl (C=O) groups excluding carboxylic acids is 2. The van der Waals surface area contributed by atoms with E-state index in [0.717, 1.165) is 38.5 Å². The molecule has 6 nitrogen and oxygen atoms in total. The number of nitrogens with one attached hydrogen (secondary N) is 1. The molecule has 0 aromatic carbocycles. The van der Waals surface area contributed by atoms with E-state index in [9.17, 15) is 19.8 Å². The number of hydrogen-bond acceptors (Lipinski definition) is 5. The minimum absolute atomic E-state index is 0.00994. The first-order chi connectivity index (χ1) is 37.5. The van der Waals surface area contributed by atoms with E-state index in [1.54, 1.807) is 0 Å². The maximum atomic E-state index is 12.6. The number of ether oxygens (including phenoxy) is 1. The van der Waals surface area contributed by atoms with Gasteiger partial charge in [0.15, 0.2) is 0 Å². The molecule has 0 aromatic rings. The minimum Gasteiger partial charge on any atom is -0.466 e. The smallest absolute Gasteiger partial charge is 0.305 e. The molecule has 0 saturated heterocycles. The number of rotatable bonds is 67. The van der Waals surface area contributed by atoms with Crippen molar-refractivity contribution in [2.75, 3.05) is 13.2 Å². The maximum Gasteiger partial charge on any atom is 0.305 e. The van der Waals surface area contributed by atoms with Crippen molar-refractivity contribution in [3.63, 3.8) is 0 Å². The molecule has 0 fully saturated rings. The van der Waals surface area contributed by atoms with Gasteiger partial charge in [0.1, 0.15) is 0 Å². The molecule has 0 aliphatic rings. The molecule has 0 spiro atoms. The normalized spacial score (nSPS) is 12.4. The molecule has 0 bridgehead atoms. The van der Waals surface area contributed by atoms with E-state index in [1.807, 2.05) is 0 Å². The Morgan fingerprint density at radius 1 is 0.316 bits per heavy atom. The topological polar surface area (TPSA) is 95.9 Å². The Hall–Kier alpha value is -1.14. The van der Waals surface area contributed by atoms with E-state index in [-0.39, 0.29) is 18.5 Å². The van der Waals surface area contributed by atoms with Crippen molar-refractivity contribution in [1.82, 2.24) is 5.32 Å². The molecule has 2 unspecified atom stereocenters. The maximum absolute atomic E-state index is 12.6. The third kappa shape index (κ3) is 62.1. The van der Waals surface area contributed by atoms with E-state index in [2.05, 4.69) is 19.2 Å². The van der Waals surface area contributed by atoms with E-state index in [1.165, 1.54) is 340 Å². The van der Waals surface area contributed by atoms with Crippen LogP contribution in [0.15, 0.2) is 0 Å². The second kappa shape index (κ2) is 66.4. The fraction of sp³-hybridized carbons (Fsp3) is 0.971. The van der Waals surface area contributed by atoms with Crippen LogP contribution >= 0.6 is 0 Å². The zero-order chi connectivity index (χ0) is 55.0. The molecule has 3 N–H and O–H groups in total. The number of unbranched alkanes of at least 4 members (excludes halogenated alkanes) is 56. The lowest BCUT2D eigenvalue weighted by Crippen LogP contribution is -2.45. The summed E-state index contributed by atoms with van der Waals surface area (Å²) in [5, 5.41) is 23.4. The first-order valence-electron chi connectivity index (χ1n) is 35.3. The van der Waals surface area contributed by atoms with Crippen LogP contribution in [0.3, 0.4) is 0 Å². The SMILES string of the molecule is CCCCCCCCCCCCCCCCCCCCCCCCCCC(O)C(CO)NC(=O)CCCCCCCCCCCCCCCCCCOC(=O)CCCCCCCCCCCCCCCCCCCCC. The lowest BCUT2D eigenvalue weighted by molar-refractivity contribution is -0.143. The third-order valence-electron chi connectivity index (χ3n) is 16.9. The van der Waals surface area contributed by atoms with E-state index in [4.69, 9.17) is 4.74 Å². The molecule has 0 aromatic heterocycles. The van der Waals surface area contributed by atoms with Crippen molar-refractivity contribution >= 4 is 11.9 Å². The summed E-state index contributed by atoms with van der Waals surface area (Å²) in [6, 6.07) is -0.547. The van der Waals surface area contributed by atoms with Crippen molar-refractivity contribution in [2.24, 2.45) is 0 Å². The molecule has 0 aliphatic heterocycles. The lowest BCUT2D eigenvalue weighted by Gasteiger charge is -2.22. The zero-order valence-corrected chi connectivity index (χ0v) is 52.0. The molecular formula is C70H139NO5. The Balaban J connectivity index is 3.38. The van der Waals surface area contributed by atoms with Crippen LogP contribution in [0, 0.1) is 0 Å². The zero-order valence-electron chi connectivity index (χ0n) is 52.0. The number of esters is 1. The number of aliphatic hydroxyl groups is 2. The summed E-state index contributed by atoms with van der Waals surface area (Å²) < 4.78 is 5.51. The van der Waals surface area contributed by atoms with Crippen molar-refractivity contribution < 1.29 is 24.5 Å². The predicted molar refractivity (Wildman–Crippen MR) is 334 cm³/mol. The highest BCUT2D eigenvalue weighted by molar-refractivity contribution is 5.76. The van der Waals surface area contributed by atoms with Gasteiger partial charge in [0.25, 0.3) is 0 Å². The van der Waals surface area contributed by atoms with Gasteiger partial charge < -0.3 is 20.3 Å². The fourth-order valence-corrected chi connectivity index (χ4v) is 11.5. The number of amides is 1. The molecule has 0 rings (SSSR count). The van der Waals surface area contributed by atoms with Gasteiger partial charge >= 0.3 is 5.97 Å². The van der Waals surface area contributed by atoms with E-state index in [0.29, 0.717) is 25.9 Å². The van der Waals surface area contributed by atoms with Crippen LogP contribution in [-0.4, -0.2) is 47.4 Å². The van der Waals surface area contributed by atoms with Gasteiger partial charge in [-0.25, -0.2) is 0 Å². The highest BCUT2D eigenvalue weighted by Crippen LogP contribution is 2.20. The summed E-state index contributed by atoms with van der Waals surface area (Å²) in [6.07, 6.45) is 80.0. The quantitative estimate of drug-likeness (QED) is 0.0417. The van der Waals surface area contributed by atoms with Gasteiger partial charge in [0.05, 0.1) is 25.4 Å². The van der Waals surface area contributed by atoms with Gasteiger partial charge in [-0.2, -0.15) is 0 Å². The number of aliphatic hydroxyl groups excluding tert-OH is 2. The summed E-state index contributed by atoms with van der Waals surface area (Å²) in [7, 11) is 0. The first-order valence-corrected chi connectivity index (χ1v) is 35.3. The highest BCUT2D eigenvalue weighted by Gasteiger charge is 2.20. The molecule has 0 radical (unpaired) electrons. The number of carbonyl (C=O) groups is 2. The summed E-state index contributed by atoms with van der Waals surface area (Å²) in [4.78, 5) is 24.7. The minimum atomic E-state index is -0.669. The molecule has 6 heteroatoms. The summed E-state index contributed by atoms with van der Waals surface area (Å²) in [5.74, 6) is -0.0257. The Kier molecular flexibility index (Phi) is 65.4. The van der Waals surface area contributed by atoms with Crippen molar-refractivity contribution in [2.45, 2.75) is 424 Å². The molecule has 0 aliphatic carbocycles. The van der Waals surface area contributed by atoms with E-state index < -0.39 is 12.1 Å². The lowest BCUT2D eigenvalue weighted by atomic mass is 10.0. The van der Waals surface area contributed by atoms with Crippen LogP contribution in [0.1, 0.15) is 412 Å². The van der Waals surface area contributed by atoms with Gasteiger partial charge in [0, 0.05) is 12.8 Å². The average molecular weight is 1070 g/mol. The number of hydrogen-bond donors (Lipinski definition) is 3. The first kappa shape index (κ1) is 74.9. The van der Waals surface area contributed by atoms with Crippen molar-refractivity contribution in [3.8, 4) is 0 Å². The van der Waals surface area contributed by atoms with Crippen molar-refractivity contribution in [3.05, 3.63) is 0 Å². The van der Waals surface area contributed by atoms with Crippen LogP contribution in [0.25, 0.3) is 0 Å². The predicted octanol–water partition coefficient (Wildman–Crippen LogP) is 22.6. The molecule has 0 saturated carbocycles. The molecular weight excluding hydrogens is 935 g/mol. The Morgan fingerprint density at radius 3 is 0.803 bits per heavy atom. The summed E-state index contributed by atoms with van der Waals surface area (Å²) in [5.41, 5.74) is 0. The molecule has 454 valence electrons. The van der Waals surface area contributed by atoms with Gasteiger partial charge in [-0.15, -0.1) is 0 Å². The largest absolute Gasteiger partial charge is 0.466 e. The average Bonchev–Trinajstić information content (AvgIpc) is 3.42. The molecule has 76 heavy (non-hydrogen) atoms. The van der Waals surface area contributed by atoms with Gasteiger partial charge in [-0.1, -0.05) is 373 Å². The van der Waals surface area contributed by atoms with Crippen LogP contribution < -0.4 is 5.32 Å². The van der Waals surface area contributed by atoms with E-state index >= 15 is 0 Å². The highest BCUT2D eigenvalue weighted by atomic mass is 16.5. The van der Waals surface area contributed by atoms with Gasteiger partial charge in [0.2, 0.25) is 5.91 Å². The van der Waals surface area contributed by atoms with Crippen LogP contribution in [0.4, 0.5) is 0 Å². The summed E-state index contributed by atoms with van der Waals surface area (Å²) in [6.45, 7) is 4.99. The Morgan fingerprint density at radius 2 is 0.539 bits per heavy atom. The standard InChI is InChI=1S/C70H139NO5/c1-3-5-7-9-11-13-15-17-19-21-23-24-25-26-27-29-30-34-38-42-46-50-54-58-62-68(73)67(66-72)71-69(74)63-59-55-51-47-43-39-35-32-33-37-41-45-49-53-57-61-65-76-70(75)64-60-56-52-48-44-40-36-31-28-22-20-18-16-14-12-10-8-6-4-2/h67-68,72-73H,3-66H2,1-2H3,(H,71,74). The fourth-order valence-electron chi connectivity index (χ4n) is 11.5. The third-order valence-corrected chi connectivity index (χ3v) is 16.9. The van der Waals surface area contributed by atoms with Crippen LogP contribution in [0.2, 0.25) is 0 Å². The second-order valence-electron chi connectivity index (χ2n) is 24.6. The molecule has 2 atom stereocenters. The van der Waals surface area contributed by atoms with Crippen LogP contribution in [0.5, 0.6) is 0 Å². The van der Waals surface area contributed by atoms with Crippen LogP contribution in [-0.2, 0) is 14.3 Å². The Labute approximate surface area is 476 Å². The Bertz CT molecular complexity index is 1100. The van der Waals surface area contributed by atoms with Gasteiger partial charge in [-0.05, 0) is 25.7 Å². The second-order valence-corrected chi connectivity index (χ2v) is 24.6. The monoisotopic (exact) mass is 1070 g/mol. The van der Waals surface area contributed by atoms with Gasteiger partial charge in [-0.3, -0.25) is 9.59 Å². The van der Waals surface area contributed by atoms with Crippen molar-refractivity contribution in [1.29, 1.82) is 0 Å².